The average Bonchev–Trinajstić information content (AvgIpc) is 2.71. The van der Waals surface area contributed by atoms with Crippen molar-refractivity contribution in [3.05, 3.63) is 59.2 Å². The Kier molecular flexibility index (Phi) is 8.06. The molecule has 0 bridgehead atoms. The highest BCUT2D eigenvalue weighted by Gasteiger charge is 2.15. The maximum atomic E-state index is 12.8. The summed E-state index contributed by atoms with van der Waals surface area (Å²) in [5.74, 6) is 7.06. The second-order valence-corrected chi connectivity index (χ2v) is 7.71. The van der Waals surface area contributed by atoms with E-state index in [2.05, 4.69) is 11.8 Å². The van der Waals surface area contributed by atoms with E-state index in [4.69, 9.17) is 14.2 Å². The molecule has 2 aromatic rings. The van der Waals surface area contributed by atoms with Crippen LogP contribution in [0, 0.1) is 11.8 Å². The third kappa shape index (κ3) is 6.97. The first-order chi connectivity index (χ1) is 14.2. The molecule has 0 N–H and O–H groups in total. The lowest BCUT2D eigenvalue weighted by Crippen LogP contribution is -2.23. The van der Waals surface area contributed by atoms with Gasteiger partial charge in [0, 0.05) is 24.0 Å². The highest BCUT2D eigenvalue weighted by Crippen LogP contribution is 2.22. The van der Waals surface area contributed by atoms with Gasteiger partial charge in [-0.3, -0.25) is 9.59 Å². The summed E-state index contributed by atoms with van der Waals surface area (Å²) >= 11 is 0. The second-order valence-electron chi connectivity index (χ2n) is 7.71. The Morgan fingerprint density at radius 3 is 2.20 bits per heavy atom. The molecule has 30 heavy (non-hydrogen) atoms. The molecule has 2 rings (SSSR count). The minimum atomic E-state index is -0.479. The second kappa shape index (κ2) is 10.5. The highest BCUT2D eigenvalue weighted by molar-refractivity contribution is 6.09. The van der Waals surface area contributed by atoms with Crippen molar-refractivity contribution in [2.75, 3.05) is 14.2 Å². The molecule has 0 atom stereocenters. The Balaban J connectivity index is 2.07. The Bertz CT molecular complexity index is 940. The predicted molar refractivity (Wildman–Crippen MR) is 116 cm³/mol. The zero-order chi connectivity index (χ0) is 22.1. The summed E-state index contributed by atoms with van der Waals surface area (Å²) in [6.45, 7) is 5.53. The molecule has 0 heterocycles. The van der Waals surface area contributed by atoms with Gasteiger partial charge in [-0.2, -0.15) is 0 Å². The maximum absolute atomic E-state index is 12.8. The van der Waals surface area contributed by atoms with E-state index in [1.807, 2.05) is 20.8 Å². The van der Waals surface area contributed by atoms with Gasteiger partial charge in [-0.1, -0.05) is 11.8 Å². The van der Waals surface area contributed by atoms with Crippen LogP contribution in [0.5, 0.6) is 11.5 Å². The zero-order valence-electron chi connectivity index (χ0n) is 18.2. The van der Waals surface area contributed by atoms with Crippen LogP contribution < -0.4 is 9.47 Å². The van der Waals surface area contributed by atoms with Crippen LogP contribution in [-0.2, 0) is 9.53 Å². The number of ketones is 1. The van der Waals surface area contributed by atoms with Crippen LogP contribution in [0.25, 0.3) is 0 Å². The highest BCUT2D eigenvalue weighted by atomic mass is 16.6. The number of unbranched alkanes of at least 4 members (excludes halogenated alkanes) is 1. The molecular formula is C25H28O5. The molecule has 0 fully saturated rings. The molecule has 0 saturated heterocycles. The molecule has 2 aromatic carbocycles. The smallest absolute Gasteiger partial charge is 0.306 e. The van der Waals surface area contributed by atoms with E-state index in [0.717, 1.165) is 0 Å². The van der Waals surface area contributed by atoms with Crippen LogP contribution in [0.2, 0.25) is 0 Å². The molecule has 5 nitrogen and oxygen atoms in total. The van der Waals surface area contributed by atoms with Gasteiger partial charge in [0.15, 0.2) is 5.78 Å². The average molecular weight is 408 g/mol. The summed E-state index contributed by atoms with van der Waals surface area (Å²) in [7, 11) is 3.15. The molecular weight excluding hydrogens is 380 g/mol. The normalized spacial score (nSPS) is 10.6. The van der Waals surface area contributed by atoms with Gasteiger partial charge < -0.3 is 14.2 Å². The number of carbonyl (C=O) groups excluding carboxylic acids is 2. The van der Waals surface area contributed by atoms with Crippen LogP contribution in [0.1, 0.15) is 61.5 Å². The van der Waals surface area contributed by atoms with Crippen molar-refractivity contribution in [3.63, 3.8) is 0 Å². The predicted octanol–water partition coefficient (Wildman–Crippen LogP) is 4.80. The van der Waals surface area contributed by atoms with E-state index in [0.29, 0.717) is 47.5 Å². The number of esters is 1. The van der Waals surface area contributed by atoms with Gasteiger partial charge in [0.2, 0.25) is 0 Å². The molecule has 0 aliphatic rings. The molecule has 5 heteroatoms. The molecule has 0 saturated carbocycles. The van der Waals surface area contributed by atoms with Crippen molar-refractivity contribution in [1.82, 2.24) is 0 Å². The van der Waals surface area contributed by atoms with Crippen LogP contribution >= 0.6 is 0 Å². The van der Waals surface area contributed by atoms with Crippen molar-refractivity contribution in [1.29, 1.82) is 0 Å². The Morgan fingerprint density at radius 1 is 0.933 bits per heavy atom. The third-order valence-electron chi connectivity index (χ3n) is 4.14. The number of hydrogen-bond donors (Lipinski definition) is 0. The fourth-order valence-corrected chi connectivity index (χ4v) is 2.73. The Labute approximate surface area is 178 Å². The SMILES string of the molecule is COc1ccc(C(=O)c2ccc(OC)c(C#CCCCC(=O)OC(C)(C)C)c2)cc1. The van der Waals surface area contributed by atoms with E-state index in [1.165, 1.54) is 0 Å². The minimum absolute atomic E-state index is 0.103. The number of rotatable bonds is 7. The van der Waals surface area contributed by atoms with Crippen molar-refractivity contribution in [2.24, 2.45) is 0 Å². The topological polar surface area (TPSA) is 61.8 Å². The molecule has 0 spiro atoms. The van der Waals surface area contributed by atoms with Crippen LogP contribution in [-0.4, -0.2) is 31.6 Å². The lowest BCUT2D eigenvalue weighted by molar-refractivity contribution is -0.154. The summed E-state index contributed by atoms with van der Waals surface area (Å²) < 4.78 is 15.8. The summed E-state index contributed by atoms with van der Waals surface area (Å²) in [4.78, 5) is 24.5. The van der Waals surface area contributed by atoms with Gasteiger partial charge in [0.25, 0.3) is 0 Å². The van der Waals surface area contributed by atoms with Gasteiger partial charge in [0.05, 0.1) is 19.8 Å². The fraction of sp³-hybridized carbons (Fsp3) is 0.360. The van der Waals surface area contributed by atoms with Crippen molar-refractivity contribution in [2.45, 2.75) is 45.6 Å². The van der Waals surface area contributed by atoms with Crippen LogP contribution in [0.3, 0.4) is 0 Å². The van der Waals surface area contributed by atoms with Gasteiger partial charge in [-0.15, -0.1) is 0 Å². The van der Waals surface area contributed by atoms with E-state index in [9.17, 15) is 9.59 Å². The summed E-state index contributed by atoms with van der Waals surface area (Å²) in [5.41, 5.74) is 1.25. The summed E-state index contributed by atoms with van der Waals surface area (Å²) in [6, 6.07) is 12.2. The lowest BCUT2D eigenvalue weighted by Gasteiger charge is -2.19. The molecule has 0 radical (unpaired) electrons. The van der Waals surface area contributed by atoms with Gasteiger partial charge >= 0.3 is 5.97 Å². The van der Waals surface area contributed by atoms with Crippen molar-refractivity contribution < 1.29 is 23.8 Å². The van der Waals surface area contributed by atoms with Gasteiger partial charge in [0.1, 0.15) is 17.1 Å². The van der Waals surface area contributed by atoms with Gasteiger partial charge in [-0.05, 0) is 69.7 Å². The monoisotopic (exact) mass is 408 g/mol. The Morgan fingerprint density at radius 2 is 1.60 bits per heavy atom. The molecule has 0 unspecified atom stereocenters. The number of hydrogen-bond acceptors (Lipinski definition) is 5. The number of ether oxygens (including phenoxy) is 3. The Hall–Kier alpha value is -3.26. The standard InChI is InChI=1S/C25H28O5/c1-25(2,3)30-23(26)10-8-6-7-9-19-17-20(13-16-22(19)29-5)24(27)18-11-14-21(28-4)15-12-18/h11-17H,6,8,10H2,1-5H3. The number of benzene rings is 2. The number of methoxy groups -OCH3 is 2. The largest absolute Gasteiger partial charge is 0.497 e. The van der Waals surface area contributed by atoms with E-state index in [1.54, 1.807) is 56.7 Å². The minimum Gasteiger partial charge on any atom is -0.497 e. The first kappa shape index (κ1) is 23.0. The van der Waals surface area contributed by atoms with E-state index >= 15 is 0 Å². The van der Waals surface area contributed by atoms with Gasteiger partial charge in [-0.25, -0.2) is 0 Å². The maximum Gasteiger partial charge on any atom is 0.306 e. The van der Waals surface area contributed by atoms with Crippen molar-refractivity contribution >= 4 is 11.8 Å². The molecule has 0 amide bonds. The van der Waals surface area contributed by atoms with Crippen LogP contribution in [0.15, 0.2) is 42.5 Å². The fourth-order valence-electron chi connectivity index (χ4n) is 2.73. The van der Waals surface area contributed by atoms with E-state index in [-0.39, 0.29) is 11.8 Å². The number of carbonyl (C=O) groups is 2. The quantitative estimate of drug-likeness (QED) is 0.285. The van der Waals surface area contributed by atoms with Crippen LogP contribution in [0.4, 0.5) is 0 Å². The molecule has 0 aliphatic heterocycles. The van der Waals surface area contributed by atoms with Crippen molar-refractivity contribution in [3.8, 4) is 23.3 Å². The first-order valence-electron chi connectivity index (χ1n) is 9.81. The van der Waals surface area contributed by atoms with E-state index < -0.39 is 5.60 Å². The lowest BCUT2D eigenvalue weighted by atomic mass is 10.0. The first-order valence-corrected chi connectivity index (χ1v) is 9.81. The molecule has 0 aliphatic carbocycles. The third-order valence-corrected chi connectivity index (χ3v) is 4.14. The summed E-state index contributed by atoms with van der Waals surface area (Å²) in [6.07, 6.45) is 1.47. The molecule has 158 valence electrons. The zero-order valence-corrected chi connectivity index (χ0v) is 18.2. The summed E-state index contributed by atoms with van der Waals surface area (Å²) in [5, 5.41) is 0. The molecule has 0 aromatic heterocycles.